The van der Waals surface area contributed by atoms with E-state index < -0.39 is 24.2 Å². The number of hydrogen-bond donors (Lipinski definition) is 1. The molecule has 0 amide bonds. The summed E-state index contributed by atoms with van der Waals surface area (Å²) in [7, 11) is 0. The lowest BCUT2D eigenvalue weighted by atomic mass is 10.1. The summed E-state index contributed by atoms with van der Waals surface area (Å²) in [4.78, 5) is 20.3. The molecule has 0 unspecified atom stereocenters. The predicted octanol–water partition coefficient (Wildman–Crippen LogP) is 3.60. The quantitative estimate of drug-likeness (QED) is 0.281. The second-order valence-corrected chi connectivity index (χ2v) is 9.95. The maximum atomic E-state index is 9.85. The van der Waals surface area contributed by atoms with Gasteiger partial charge in [-0.1, -0.05) is 60.7 Å². The van der Waals surface area contributed by atoms with Crippen molar-refractivity contribution in [1.82, 2.24) is 24.4 Å². The fourth-order valence-corrected chi connectivity index (χ4v) is 5.06. The van der Waals surface area contributed by atoms with Crippen molar-refractivity contribution in [1.29, 1.82) is 0 Å². The van der Waals surface area contributed by atoms with E-state index in [2.05, 4.69) is 44.1 Å². The molecule has 4 heterocycles. The monoisotopic (exact) mass is 514 g/mol. The van der Waals surface area contributed by atoms with Gasteiger partial charge in [0.25, 0.3) is 0 Å². The molecule has 10 nitrogen and oxygen atoms in total. The molecule has 2 saturated heterocycles. The third-order valence-electron chi connectivity index (χ3n) is 6.72. The van der Waals surface area contributed by atoms with Gasteiger partial charge in [-0.3, -0.25) is 4.57 Å². The number of ether oxygens (including phenoxy) is 3. The highest BCUT2D eigenvalue weighted by molar-refractivity contribution is 5.83. The van der Waals surface area contributed by atoms with Gasteiger partial charge < -0.3 is 24.2 Å². The number of nitrogens with zero attached hydrogens (tertiary/aromatic N) is 6. The summed E-state index contributed by atoms with van der Waals surface area (Å²) in [5, 5.41) is 9.85. The number of benzene rings is 2. The molecule has 196 valence electrons. The molecule has 0 spiro atoms. The summed E-state index contributed by atoms with van der Waals surface area (Å²) in [5.41, 5.74) is 3.48. The van der Waals surface area contributed by atoms with Crippen molar-refractivity contribution in [3.8, 4) is 0 Å². The third-order valence-corrected chi connectivity index (χ3v) is 6.72. The van der Waals surface area contributed by atoms with Crippen molar-refractivity contribution in [2.75, 3.05) is 6.61 Å². The van der Waals surface area contributed by atoms with Gasteiger partial charge >= 0.3 is 0 Å². The van der Waals surface area contributed by atoms with Crippen LogP contribution in [0.3, 0.4) is 0 Å². The van der Waals surface area contributed by atoms with E-state index in [1.807, 2.05) is 50.2 Å². The zero-order valence-corrected chi connectivity index (χ0v) is 21.3. The Morgan fingerprint density at radius 3 is 2.26 bits per heavy atom. The first kappa shape index (κ1) is 24.6. The van der Waals surface area contributed by atoms with Crippen LogP contribution >= 0.6 is 0 Å². The minimum absolute atomic E-state index is 0.174. The van der Waals surface area contributed by atoms with Crippen LogP contribution in [-0.2, 0) is 27.3 Å². The van der Waals surface area contributed by atoms with Crippen LogP contribution in [0.15, 0.2) is 78.3 Å². The Kier molecular flexibility index (Phi) is 6.62. The van der Waals surface area contributed by atoms with E-state index in [0.717, 1.165) is 0 Å². The van der Waals surface area contributed by atoms with Crippen LogP contribution in [0.2, 0.25) is 0 Å². The molecule has 2 aromatic carbocycles. The zero-order valence-electron chi connectivity index (χ0n) is 21.3. The predicted molar refractivity (Wildman–Crippen MR) is 140 cm³/mol. The number of aliphatic imine (C=N–C) groups is 1. The first-order chi connectivity index (χ1) is 18.5. The number of imidazole rings is 1. The topological polar surface area (TPSA) is 107 Å². The molecular formula is C28H30N6O4. The molecule has 0 radical (unpaired) electrons. The third kappa shape index (κ3) is 4.91. The molecule has 1 N–H and O–H groups in total. The Balaban J connectivity index is 1.29. The van der Waals surface area contributed by atoms with Gasteiger partial charge in [0, 0.05) is 13.1 Å². The molecule has 2 aliphatic rings. The lowest BCUT2D eigenvalue weighted by molar-refractivity contribution is -0.199. The lowest BCUT2D eigenvalue weighted by Crippen LogP contribution is -2.31. The lowest BCUT2D eigenvalue weighted by Gasteiger charge is -2.24. The van der Waals surface area contributed by atoms with Crippen LogP contribution in [0.1, 0.15) is 31.2 Å². The second kappa shape index (κ2) is 10.2. The molecule has 0 saturated carbocycles. The van der Waals surface area contributed by atoms with Crippen molar-refractivity contribution >= 4 is 23.3 Å². The number of aromatic nitrogens is 4. The number of fused-ring (bicyclic) bond motifs is 2. The summed E-state index contributed by atoms with van der Waals surface area (Å²) >= 11 is 0. The Bertz CT molecular complexity index is 1370. The van der Waals surface area contributed by atoms with E-state index in [1.54, 1.807) is 17.2 Å². The molecule has 0 bridgehead atoms. The number of hydrogen-bond acceptors (Lipinski definition) is 8. The average molecular weight is 515 g/mol. The fraction of sp³-hybridized carbons (Fsp3) is 0.357. The largest absolute Gasteiger partial charge is 0.394 e. The van der Waals surface area contributed by atoms with Crippen molar-refractivity contribution in [2.24, 2.45) is 4.99 Å². The molecular weight excluding hydrogens is 484 g/mol. The van der Waals surface area contributed by atoms with Gasteiger partial charge in [-0.25, -0.2) is 19.9 Å². The van der Waals surface area contributed by atoms with Gasteiger partial charge in [0.2, 0.25) is 0 Å². The summed E-state index contributed by atoms with van der Waals surface area (Å²) < 4.78 is 20.0. The summed E-state index contributed by atoms with van der Waals surface area (Å²) in [6.45, 7) is 4.92. The van der Waals surface area contributed by atoms with Crippen LogP contribution in [0, 0.1) is 0 Å². The molecule has 38 heavy (non-hydrogen) atoms. The van der Waals surface area contributed by atoms with E-state index in [-0.39, 0.29) is 12.7 Å². The molecule has 0 aliphatic carbocycles. The van der Waals surface area contributed by atoms with Crippen molar-refractivity contribution in [3.63, 3.8) is 0 Å². The minimum Gasteiger partial charge on any atom is -0.394 e. The SMILES string of the molecule is CC1(C)O[C@@H]2[C@H](O1)[C@@H](CO)O[C@H]2n1cnc2c(/N=C/N(Cc3ccccc3)Cc3ccccc3)ncnc21. The minimum atomic E-state index is -0.771. The van der Waals surface area contributed by atoms with Crippen LogP contribution in [0.25, 0.3) is 11.2 Å². The zero-order chi connectivity index (χ0) is 26.1. The van der Waals surface area contributed by atoms with Gasteiger partial charge in [0.05, 0.1) is 19.3 Å². The van der Waals surface area contributed by atoms with E-state index in [1.165, 1.54) is 17.5 Å². The summed E-state index contributed by atoms with van der Waals surface area (Å²) in [6.07, 6.45) is 3.07. The summed E-state index contributed by atoms with van der Waals surface area (Å²) in [5.74, 6) is -0.316. The maximum Gasteiger partial charge on any atom is 0.184 e. The van der Waals surface area contributed by atoms with E-state index in [0.29, 0.717) is 30.1 Å². The van der Waals surface area contributed by atoms with Crippen LogP contribution in [0.4, 0.5) is 5.82 Å². The smallest absolute Gasteiger partial charge is 0.184 e. The first-order valence-electron chi connectivity index (χ1n) is 12.7. The standard InChI is InChI=1S/C28H30N6O4/c1-28(2)37-23-21(15-35)36-27(24(23)38-28)34-18-31-22-25(29-16-30-26(22)34)32-17-33(13-19-9-5-3-6-10-19)14-20-11-7-4-8-12-20/h3-12,16-18,21,23-24,27,35H,13-15H2,1-2H3/b32-17+/t21-,23-,24-,27-/m1/s1. The fourth-order valence-electron chi connectivity index (χ4n) is 5.06. The molecule has 4 aromatic rings. The highest BCUT2D eigenvalue weighted by atomic mass is 16.8. The Labute approximate surface area is 220 Å². The normalized spacial score (nSPS) is 24.3. The van der Waals surface area contributed by atoms with Gasteiger partial charge in [-0.2, -0.15) is 0 Å². The van der Waals surface area contributed by atoms with E-state index in [4.69, 9.17) is 19.2 Å². The van der Waals surface area contributed by atoms with Crippen molar-refractivity contribution in [2.45, 2.75) is 57.3 Å². The van der Waals surface area contributed by atoms with Gasteiger partial charge in [0.15, 0.2) is 29.0 Å². The molecule has 10 heteroatoms. The first-order valence-corrected chi connectivity index (χ1v) is 12.7. The Hall–Kier alpha value is -3.70. The summed E-state index contributed by atoms with van der Waals surface area (Å²) in [6, 6.07) is 20.5. The number of aliphatic hydroxyl groups excluding tert-OH is 1. The number of aliphatic hydroxyl groups is 1. The van der Waals surface area contributed by atoms with E-state index in [9.17, 15) is 5.11 Å². The molecule has 2 aliphatic heterocycles. The molecule has 6 rings (SSSR count). The average Bonchev–Trinajstić information content (AvgIpc) is 3.59. The Morgan fingerprint density at radius 1 is 0.947 bits per heavy atom. The highest BCUT2D eigenvalue weighted by Gasteiger charge is 2.56. The van der Waals surface area contributed by atoms with Gasteiger partial charge in [0.1, 0.15) is 24.6 Å². The van der Waals surface area contributed by atoms with Gasteiger partial charge in [-0.05, 0) is 25.0 Å². The highest BCUT2D eigenvalue weighted by Crippen LogP contribution is 2.43. The number of rotatable bonds is 8. The second-order valence-electron chi connectivity index (χ2n) is 9.95. The molecule has 2 aromatic heterocycles. The Morgan fingerprint density at radius 2 is 1.61 bits per heavy atom. The van der Waals surface area contributed by atoms with Crippen molar-refractivity contribution in [3.05, 3.63) is 84.4 Å². The molecule has 4 atom stereocenters. The maximum absolute atomic E-state index is 9.85. The van der Waals surface area contributed by atoms with E-state index >= 15 is 0 Å². The van der Waals surface area contributed by atoms with Crippen molar-refractivity contribution < 1.29 is 19.3 Å². The van der Waals surface area contributed by atoms with Crippen LogP contribution in [0.5, 0.6) is 0 Å². The van der Waals surface area contributed by atoms with Crippen LogP contribution in [-0.4, -0.2) is 66.6 Å². The van der Waals surface area contributed by atoms with Gasteiger partial charge in [-0.15, -0.1) is 0 Å². The molecule has 2 fully saturated rings. The van der Waals surface area contributed by atoms with Crippen LogP contribution < -0.4 is 0 Å².